The molecular formula is C13H25N3O. The van der Waals surface area contributed by atoms with Crippen LogP contribution in [0.2, 0.25) is 0 Å². The highest BCUT2D eigenvalue weighted by molar-refractivity contribution is 5.91. The molecule has 98 valence electrons. The third-order valence-electron chi connectivity index (χ3n) is 3.77. The van der Waals surface area contributed by atoms with E-state index in [4.69, 9.17) is 0 Å². The molecule has 2 fully saturated rings. The molecule has 1 saturated heterocycles. The fourth-order valence-electron chi connectivity index (χ4n) is 2.74. The molecular weight excluding hydrogens is 214 g/mol. The normalized spacial score (nSPS) is 24.1. The summed E-state index contributed by atoms with van der Waals surface area (Å²) in [6.07, 6.45) is 3.14. The number of nitrogens with one attached hydrogen (secondary N) is 1. The molecule has 4 heteroatoms. The fourth-order valence-corrected chi connectivity index (χ4v) is 2.74. The highest BCUT2D eigenvalue weighted by Gasteiger charge is 2.56. The van der Waals surface area contributed by atoms with Gasteiger partial charge in [0, 0.05) is 12.6 Å². The van der Waals surface area contributed by atoms with Crippen LogP contribution < -0.4 is 5.32 Å². The summed E-state index contributed by atoms with van der Waals surface area (Å²) in [7, 11) is 4.16. The Morgan fingerprint density at radius 1 is 1.41 bits per heavy atom. The maximum atomic E-state index is 12.3. The van der Waals surface area contributed by atoms with Crippen LogP contribution in [-0.4, -0.2) is 54.6 Å². The average molecular weight is 239 g/mol. The van der Waals surface area contributed by atoms with Crippen LogP contribution in [0.3, 0.4) is 0 Å². The molecule has 1 spiro atoms. The van der Waals surface area contributed by atoms with Crippen molar-refractivity contribution in [2.24, 2.45) is 5.92 Å². The van der Waals surface area contributed by atoms with E-state index in [1.807, 2.05) is 0 Å². The minimum Gasteiger partial charge on any atom is -0.324 e. The Morgan fingerprint density at radius 2 is 2.06 bits per heavy atom. The number of carbonyl (C=O) groups excluding carboxylic acids is 1. The van der Waals surface area contributed by atoms with Crippen LogP contribution in [0.1, 0.15) is 33.1 Å². The first-order chi connectivity index (χ1) is 7.94. The van der Waals surface area contributed by atoms with Crippen LogP contribution >= 0.6 is 0 Å². The number of rotatable bonds is 5. The first-order valence-electron chi connectivity index (χ1n) is 6.65. The Bertz CT molecular complexity index is 287. The lowest BCUT2D eigenvalue weighted by Crippen LogP contribution is -2.45. The van der Waals surface area contributed by atoms with E-state index in [0.29, 0.717) is 17.9 Å². The Balaban J connectivity index is 2.02. The monoisotopic (exact) mass is 239 g/mol. The number of amides is 1. The van der Waals surface area contributed by atoms with Crippen LogP contribution in [0.25, 0.3) is 0 Å². The van der Waals surface area contributed by atoms with Crippen molar-refractivity contribution < 1.29 is 4.79 Å². The zero-order valence-electron chi connectivity index (χ0n) is 11.5. The van der Waals surface area contributed by atoms with Gasteiger partial charge in [-0.25, -0.2) is 0 Å². The van der Waals surface area contributed by atoms with Crippen molar-refractivity contribution in [3.05, 3.63) is 0 Å². The first kappa shape index (κ1) is 12.8. The molecule has 0 aromatic heterocycles. The van der Waals surface area contributed by atoms with E-state index >= 15 is 0 Å². The number of hydrogen-bond donors (Lipinski definition) is 1. The van der Waals surface area contributed by atoms with Gasteiger partial charge in [-0.3, -0.25) is 10.1 Å². The lowest BCUT2D eigenvalue weighted by Gasteiger charge is -2.31. The number of hydrogen-bond acceptors (Lipinski definition) is 3. The van der Waals surface area contributed by atoms with Gasteiger partial charge >= 0.3 is 0 Å². The quantitative estimate of drug-likeness (QED) is 0.774. The van der Waals surface area contributed by atoms with Crippen LogP contribution in [0.5, 0.6) is 0 Å². The second-order valence-electron chi connectivity index (χ2n) is 6.24. The lowest BCUT2D eigenvalue weighted by molar-refractivity contribution is -0.132. The van der Waals surface area contributed by atoms with Crippen molar-refractivity contribution >= 4 is 5.91 Å². The van der Waals surface area contributed by atoms with Crippen LogP contribution in [0.4, 0.5) is 0 Å². The smallest absolute Gasteiger partial charge is 0.244 e. The second-order valence-corrected chi connectivity index (χ2v) is 6.24. The van der Waals surface area contributed by atoms with Gasteiger partial charge in [0.15, 0.2) is 0 Å². The van der Waals surface area contributed by atoms with Crippen molar-refractivity contribution in [1.29, 1.82) is 0 Å². The fraction of sp³-hybridized carbons (Fsp3) is 0.923. The third kappa shape index (κ3) is 2.63. The summed E-state index contributed by atoms with van der Waals surface area (Å²) in [6, 6.07) is 0.352. The number of carbonyl (C=O) groups is 1. The van der Waals surface area contributed by atoms with Gasteiger partial charge in [-0.05, 0) is 39.3 Å². The number of nitrogens with zero attached hydrogens (tertiary/aromatic N) is 2. The Hall–Kier alpha value is -0.610. The summed E-state index contributed by atoms with van der Waals surface area (Å²) in [5.74, 6) is 0.966. The van der Waals surface area contributed by atoms with Crippen molar-refractivity contribution in [2.45, 2.75) is 44.7 Å². The van der Waals surface area contributed by atoms with Crippen molar-refractivity contribution in [3.8, 4) is 0 Å². The zero-order valence-corrected chi connectivity index (χ0v) is 11.5. The van der Waals surface area contributed by atoms with Gasteiger partial charge in [-0.15, -0.1) is 0 Å². The highest BCUT2D eigenvalue weighted by atomic mass is 16.2. The van der Waals surface area contributed by atoms with Crippen LogP contribution in [0.15, 0.2) is 0 Å². The van der Waals surface area contributed by atoms with Gasteiger partial charge < -0.3 is 9.80 Å². The standard InChI is InChI=1S/C13H25N3O/c1-10(2)7-11(8-15(3)4)16-9-14-13(5-6-13)12(16)17/h10-11,14H,5-9H2,1-4H3. The largest absolute Gasteiger partial charge is 0.324 e. The Labute approximate surface area is 104 Å². The van der Waals surface area contributed by atoms with E-state index in [2.05, 4.69) is 43.1 Å². The summed E-state index contributed by atoms with van der Waals surface area (Å²) in [4.78, 5) is 16.6. The maximum absolute atomic E-state index is 12.3. The third-order valence-corrected chi connectivity index (χ3v) is 3.77. The van der Waals surface area contributed by atoms with Crippen molar-refractivity contribution in [2.75, 3.05) is 27.3 Å². The molecule has 1 heterocycles. The molecule has 4 nitrogen and oxygen atoms in total. The topological polar surface area (TPSA) is 35.6 Å². The Morgan fingerprint density at radius 3 is 2.47 bits per heavy atom. The molecule has 2 rings (SSSR count). The van der Waals surface area contributed by atoms with Crippen LogP contribution in [0, 0.1) is 5.92 Å². The molecule has 1 N–H and O–H groups in total. The summed E-state index contributed by atoms with van der Waals surface area (Å²) in [6.45, 7) is 6.15. The molecule has 0 aromatic carbocycles. The minimum absolute atomic E-state index is 0.151. The van der Waals surface area contributed by atoms with Gasteiger partial charge in [-0.2, -0.15) is 0 Å². The van der Waals surface area contributed by atoms with E-state index in [-0.39, 0.29) is 5.54 Å². The van der Waals surface area contributed by atoms with Gasteiger partial charge in [0.25, 0.3) is 0 Å². The van der Waals surface area contributed by atoms with E-state index in [1.165, 1.54) is 0 Å². The van der Waals surface area contributed by atoms with Gasteiger partial charge in [-0.1, -0.05) is 13.8 Å². The molecule has 17 heavy (non-hydrogen) atoms. The Kier molecular flexibility index (Phi) is 3.46. The van der Waals surface area contributed by atoms with E-state index < -0.39 is 0 Å². The molecule has 1 unspecified atom stereocenters. The second kappa shape index (κ2) is 4.58. The summed E-state index contributed by atoms with van der Waals surface area (Å²) >= 11 is 0. The predicted molar refractivity (Wildman–Crippen MR) is 68.6 cm³/mol. The van der Waals surface area contributed by atoms with Crippen molar-refractivity contribution in [1.82, 2.24) is 15.1 Å². The molecule has 1 amide bonds. The first-order valence-corrected chi connectivity index (χ1v) is 6.65. The lowest BCUT2D eigenvalue weighted by atomic mass is 10.0. The van der Waals surface area contributed by atoms with Gasteiger partial charge in [0.1, 0.15) is 0 Å². The summed E-state index contributed by atoms with van der Waals surface area (Å²) < 4.78 is 0. The van der Waals surface area contributed by atoms with E-state index in [0.717, 1.165) is 32.5 Å². The van der Waals surface area contributed by atoms with E-state index in [9.17, 15) is 4.79 Å². The van der Waals surface area contributed by atoms with E-state index in [1.54, 1.807) is 0 Å². The SMILES string of the molecule is CC(C)CC(CN(C)C)N1CNC2(CC2)C1=O. The van der Waals surface area contributed by atoms with Crippen molar-refractivity contribution in [3.63, 3.8) is 0 Å². The molecule has 0 bridgehead atoms. The summed E-state index contributed by atoms with van der Waals surface area (Å²) in [5, 5.41) is 3.39. The van der Waals surface area contributed by atoms with Crippen LogP contribution in [-0.2, 0) is 4.79 Å². The number of likely N-dealkylation sites (N-methyl/N-ethyl adjacent to an activating group) is 1. The average Bonchev–Trinajstić information content (AvgIpc) is 2.89. The molecule has 2 aliphatic rings. The molecule has 1 aliphatic carbocycles. The summed E-state index contributed by atoms with van der Waals surface area (Å²) in [5.41, 5.74) is -0.151. The zero-order chi connectivity index (χ0) is 12.6. The highest BCUT2D eigenvalue weighted by Crippen LogP contribution is 2.41. The minimum atomic E-state index is -0.151. The molecule has 0 aromatic rings. The van der Waals surface area contributed by atoms with Gasteiger partial charge in [0.2, 0.25) is 5.91 Å². The molecule has 1 atom stereocenters. The molecule has 1 saturated carbocycles. The van der Waals surface area contributed by atoms with Gasteiger partial charge in [0.05, 0.1) is 12.2 Å². The molecule has 1 aliphatic heterocycles. The maximum Gasteiger partial charge on any atom is 0.244 e. The predicted octanol–water partition coefficient (Wildman–Crippen LogP) is 0.885. The molecule has 0 radical (unpaired) electrons.